The molecule has 0 bridgehead atoms. The third kappa shape index (κ3) is 2.87. The molecule has 2 aromatic rings. The zero-order valence-corrected chi connectivity index (χ0v) is 11.9. The summed E-state index contributed by atoms with van der Waals surface area (Å²) in [5, 5.41) is 3.20. The molecule has 106 valence electrons. The molecule has 1 heterocycles. The smallest absolute Gasteiger partial charge is 0.187 e. The summed E-state index contributed by atoms with van der Waals surface area (Å²) in [6.45, 7) is 4.72. The molecule has 0 aliphatic carbocycles. The minimum absolute atomic E-state index is 0.261. The fraction of sp³-hybridized carbons (Fsp3) is 0.333. The lowest BCUT2D eigenvalue weighted by Crippen LogP contribution is -2.06. The van der Waals surface area contributed by atoms with Gasteiger partial charge >= 0.3 is 0 Å². The molecule has 0 saturated heterocycles. The van der Waals surface area contributed by atoms with E-state index in [0.717, 1.165) is 24.1 Å². The Bertz CT molecular complexity index is 602. The Kier molecular flexibility index (Phi) is 4.50. The number of methoxy groups -OCH3 is 1. The van der Waals surface area contributed by atoms with E-state index in [0.29, 0.717) is 17.3 Å². The predicted octanol–water partition coefficient (Wildman–Crippen LogP) is 3.42. The molecular weight excluding hydrogens is 257 g/mol. The van der Waals surface area contributed by atoms with E-state index in [1.54, 1.807) is 13.2 Å². The average molecular weight is 275 g/mol. The minimum atomic E-state index is -0.261. The molecule has 1 N–H and O–H groups in total. The molecular formula is C15H18FN3O. The molecule has 0 aliphatic heterocycles. The van der Waals surface area contributed by atoms with Gasteiger partial charge in [0.05, 0.1) is 7.11 Å². The molecule has 1 aromatic carbocycles. The summed E-state index contributed by atoms with van der Waals surface area (Å²) in [4.78, 5) is 8.48. The first kappa shape index (κ1) is 14.2. The van der Waals surface area contributed by atoms with E-state index in [2.05, 4.69) is 22.2 Å². The number of aryl methyl sites for hydroxylation is 1. The van der Waals surface area contributed by atoms with Crippen LogP contribution in [0.15, 0.2) is 24.5 Å². The van der Waals surface area contributed by atoms with Crippen molar-refractivity contribution in [2.24, 2.45) is 0 Å². The molecule has 0 amide bonds. The topological polar surface area (TPSA) is 47.0 Å². The van der Waals surface area contributed by atoms with Crippen molar-refractivity contribution in [3.8, 4) is 17.0 Å². The van der Waals surface area contributed by atoms with Gasteiger partial charge in [-0.25, -0.2) is 14.4 Å². The van der Waals surface area contributed by atoms with Crippen LogP contribution in [0.4, 0.5) is 10.2 Å². The lowest BCUT2D eigenvalue weighted by Gasteiger charge is -2.14. The number of nitrogens with one attached hydrogen (secondary N) is 1. The molecule has 0 saturated carbocycles. The molecule has 0 fully saturated rings. The van der Waals surface area contributed by atoms with Gasteiger partial charge in [-0.05, 0) is 37.1 Å². The molecule has 0 atom stereocenters. The third-order valence-electron chi connectivity index (χ3n) is 2.99. The zero-order chi connectivity index (χ0) is 14.5. The van der Waals surface area contributed by atoms with Gasteiger partial charge in [0.15, 0.2) is 11.6 Å². The number of aromatic nitrogens is 2. The lowest BCUT2D eigenvalue weighted by atomic mass is 10.0. The van der Waals surface area contributed by atoms with E-state index in [1.165, 1.54) is 18.5 Å². The van der Waals surface area contributed by atoms with E-state index in [-0.39, 0.29) is 5.82 Å². The van der Waals surface area contributed by atoms with Gasteiger partial charge in [-0.3, -0.25) is 0 Å². The van der Waals surface area contributed by atoms with Crippen LogP contribution < -0.4 is 10.1 Å². The number of rotatable bonds is 5. The average Bonchev–Trinajstić information content (AvgIpc) is 2.44. The number of hydrogen-bond acceptors (Lipinski definition) is 4. The summed E-state index contributed by atoms with van der Waals surface area (Å²) in [6.07, 6.45) is 2.47. The van der Waals surface area contributed by atoms with Crippen LogP contribution >= 0.6 is 0 Å². The van der Waals surface area contributed by atoms with Crippen LogP contribution in [0.1, 0.15) is 18.9 Å². The Hall–Kier alpha value is -2.17. The van der Waals surface area contributed by atoms with Crippen LogP contribution in [0, 0.1) is 12.7 Å². The molecule has 1 aromatic heterocycles. The summed E-state index contributed by atoms with van der Waals surface area (Å²) in [6, 6.07) is 4.61. The fourth-order valence-electron chi connectivity index (χ4n) is 2.02. The van der Waals surface area contributed by atoms with Gasteiger partial charge < -0.3 is 10.1 Å². The van der Waals surface area contributed by atoms with Crippen LogP contribution in [0.25, 0.3) is 11.3 Å². The van der Waals surface area contributed by atoms with Crippen LogP contribution in [0.2, 0.25) is 0 Å². The van der Waals surface area contributed by atoms with E-state index >= 15 is 0 Å². The normalized spacial score (nSPS) is 10.4. The van der Waals surface area contributed by atoms with Gasteiger partial charge in [0.25, 0.3) is 0 Å². The van der Waals surface area contributed by atoms with Crippen LogP contribution in [-0.4, -0.2) is 23.6 Å². The first-order valence-corrected chi connectivity index (χ1v) is 6.56. The van der Waals surface area contributed by atoms with E-state index in [9.17, 15) is 4.39 Å². The van der Waals surface area contributed by atoms with Crippen LogP contribution in [0.5, 0.6) is 5.75 Å². The highest BCUT2D eigenvalue weighted by molar-refractivity contribution is 5.74. The maximum Gasteiger partial charge on any atom is 0.187 e. The van der Waals surface area contributed by atoms with Crippen LogP contribution in [-0.2, 0) is 0 Å². The highest BCUT2D eigenvalue weighted by Crippen LogP contribution is 2.34. The molecule has 4 nitrogen and oxygen atoms in total. The number of halogens is 1. The fourth-order valence-corrected chi connectivity index (χ4v) is 2.02. The number of hydrogen-bond donors (Lipinski definition) is 1. The molecule has 0 spiro atoms. The SMILES string of the molecule is CCCNc1ncnc(-c2ccc(F)cc2C)c1OC. The minimum Gasteiger partial charge on any atom is -0.491 e. The number of nitrogens with zero attached hydrogens (tertiary/aromatic N) is 2. The van der Waals surface area contributed by atoms with Gasteiger partial charge in [0.2, 0.25) is 0 Å². The Labute approximate surface area is 118 Å². The highest BCUT2D eigenvalue weighted by Gasteiger charge is 2.15. The van der Waals surface area contributed by atoms with Crippen molar-refractivity contribution in [2.45, 2.75) is 20.3 Å². The highest BCUT2D eigenvalue weighted by atomic mass is 19.1. The number of benzene rings is 1. The Morgan fingerprint density at radius 3 is 2.75 bits per heavy atom. The number of anilines is 1. The first-order valence-electron chi connectivity index (χ1n) is 6.56. The first-order chi connectivity index (χ1) is 9.67. The molecule has 0 aliphatic rings. The van der Waals surface area contributed by atoms with E-state index < -0.39 is 0 Å². The maximum absolute atomic E-state index is 13.2. The van der Waals surface area contributed by atoms with E-state index in [1.807, 2.05) is 6.92 Å². The molecule has 2 rings (SSSR count). The molecule has 20 heavy (non-hydrogen) atoms. The monoisotopic (exact) mass is 275 g/mol. The van der Waals surface area contributed by atoms with Gasteiger partial charge in [0.1, 0.15) is 17.8 Å². The van der Waals surface area contributed by atoms with Gasteiger partial charge in [-0.2, -0.15) is 0 Å². The van der Waals surface area contributed by atoms with Gasteiger partial charge in [-0.1, -0.05) is 6.92 Å². The van der Waals surface area contributed by atoms with Crippen molar-refractivity contribution in [3.63, 3.8) is 0 Å². The summed E-state index contributed by atoms with van der Waals surface area (Å²) in [5.74, 6) is 0.974. The Morgan fingerprint density at radius 1 is 1.30 bits per heavy atom. The predicted molar refractivity (Wildman–Crippen MR) is 77.5 cm³/mol. The quantitative estimate of drug-likeness (QED) is 0.908. The maximum atomic E-state index is 13.2. The third-order valence-corrected chi connectivity index (χ3v) is 2.99. The van der Waals surface area contributed by atoms with Crippen molar-refractivity contribution in [3.05, 3.63) is 35.9 Å². The zero-order valence-electron chi connectivity index (χ0n) is 11.9. The molecule has 0 radical (unpaired) electrons. The van der Waals surface area contributed by atoms with Gasteiger partial charge in [0, 0.05) is 12.1 Å². The van der Waals surface area contributed by atoms with Gasteiger partial charge in [-0.15, -0.1) is 0 Å². The lowest BCUT2D eigenvalue weighted by molar-refractivity contribution is 0.414. The second kappa shape index (κ2) is 6.32. The van der Waals surface area contributed by atoms with Crippen LogP contribution in [0.3, 0.4) is 0 Å². The summed E-state index contributed by atoms with van der Waals surface area (Å²) in [7, 11) is 1.58. The summed E-state index contributed by atoms with van der Waals surface area (Å²) >= 11 is 0. The standard InChI is InChI=1S/C15H18FN3O/c1-4-7-17-15-14(20-3)13(18-9-19-15)12-6-5-11(16)8-10(12)2/h5-6,8-9H,4,7H2,1-3H3,(H,17,18,19). The second-order valence-corrected chi connectivity index (χ2v) is 4.49. The van der Waals surface area contributed by atoms with Crippen molar-refractivity contribution in [1.82, 2.24) is 9.97 Å². The number of ether oxygens (including phenoxy) is 1. The summed E-state index contributed by atoms with van der Waals surface area (Å²) in [5.41, 5.74) is 2.31. The van der Waals surface area contributed by atoms with Crippen molar-refractivity contribution < 1.29 is 9.13 Å². The Balaban J connectivity index is 2.50. The Morgan fingerprint density at radius 2 is 2.10 bits per heavy atom. The van der Waals surface area contributed by atoms with E-state index in [4.69, 9.17) is 4.74 Å². The largest absolute Gasteiger partial charge is 0.491 e. The van der Waals surface area contributed by atoms with Crippen molar-refractivity contribution in [1.29, 1.82) is 0 Å². The van der Waals surface area contributed by atoms with Crippen molar-refractivity contribution in [2.75, 3.05) is 19.0 Å². The summed E-state index contributed by atoms with van der Waals surface area (Å²) < 4.78 is 18.6. The van der Waals surface area contributed by atoms with Crippen molar-refractivity contribution >= 4 is 5.82 Å². The second-order valence-electron chi connectivity index (χ2n) is 4.49. The molecule has 0 unspecified atom stereocenters. The molecule has 5 heteroatoms.